The lowest BCUT2D eigenvalue weighted by Crippen LogP contribution is -2.14. The van der Waals surface area contributed by atoms with Crippen molar-refractivity contribution in [2.45, 2.75) is 26.2 Å². The molecule has 28 heavy (non-hydrogen) atoms. The molecular formula is C22H18O6. The van der Waals surface area contributed by atoms with Gasteiger partial charge in [-0.25, -0.2) is 0 Å². The van der Waals surface area contributed by atoms with Crippen molar-refractivity contribution in [2.24, 2.45) is 0 Å². The van der Waals surface area contributed by atoms with Crippen molar-refractivity contribution in [3.63, 3.8) is 0 Å². The van der Waals surface area contributed by atoms with E-state index in [1.165, 1.54) is 6.92 Å². The molecule has 2 aliphatic rings. The van der Waals surface area contributed by atoms with E-state index in [1.807, 2.05) is 0 Å². The molecule has 1 aliphatic heterocycles. The molecule has 1 heterocycles. The van der Waals surface area contributed by atoms with Crippen LogP contribution in [0.2, 0.25) is 0 Å². The third-order valence-corrected chi connectivity index (χ3v) is 5.07. The summed E-state index contributed by atoms with van der Waals surface area (Å²) in [4.78, 5) is 37.3. The minimum atomic E-state index is -0.980. The van der Waals surface area contributed by atoms with Crippen LogP contribution in [0, 0.1) is 0 Å². The Bertz CT molecular complexity index is 1060. The van der Waals surface area contributed by atoms with Crippen molar-refractivity contribution in [3.8, 4) is 11.5 Å². The third kappa shape index (κ3) is 2.69. The minimum Gasteiger partial charge on any atom is -0.507 e. The molecule has 1 N–H and O–H groups in total. The number of carbonyl (C=O) groups excluding carboxylic acids is 3. The van der Waals surface area contributed by atoms with Crippen molar-refractivity contribution in [1.82, 2.24) is 0 Å². The number of Topliss-reactive ketones (excluding diaryl/α,β-unsaturated/α-hetero) is 3. The van der Waals surface area contributed by atoms with Crippen molar-refractivity contribution in [2.75, 3.05) is 6.79 Å². The molecule has 2 aromatic rings. The monoisotopic (exact) mass is 378 g/mol. The fraction of sp³-hybridized carbons (Fsp3) is 0.227. The molecule has 0 bridgehead atoms. The molecule has 0 spiro atoms. The lowest BCUT2D eigenvalue weighted by molar-refractivity contribution is -0.124. The number of aliphatic hydroxyl groups is 1. The Morgan fingerprint density at radius 1 is 1.07 bits per heavy atom. The predicted molar refractivity (Wildman–Crippen MR) is 102 cm³/mol. The third-order valence-electron chi connectivity index (χ3n) is 5.07. The van der Waals surface area contributed by atoms with Gasteiger partial charge in [0.05, 0.1) is 5.57 Å². The van der Waals surface area contributed by atoms with E-state index in [4.69, 9.17) is 9.47 Å². The summed E-state index contributed by atoms with van der Waals surface area (Å²) in [6, 6.07) is 9.68. The first kappa shape index (κ1) is 18.0. The Hall–Kier alpha value is -3.41. The fourth-order valence-electron chi connectivity index (χ4n) is 3.66. The van der Waals surface area contributed by atoms with Crippen molar-refractivity contribution in [3.05, 3.63) is 58.7 Å². The molecule has 2 aromatic carbocycles. The molecule has 1 aliphatic carbocycles. The van der Waals surface area contributed by atoms with Crippen LogP contribution in [0.1, 0.15) is 53.2 Å². The van der Waals surface area contributed by atoms with Crippen molar-refractivity contribution < 1.29 is 29.0 Å². The quantitative estimate of drug-likeness (QED) is 0.378. The van der Waals surface area contributed by atoms with E-state index >= 15 is 0 Å². The number of allylic oxidation sites excluding steroid dienone is 1. The number of rotatable bonds is 4. The molecule has 142 valence electrons. The van der Waals surface area contributed by atoms with Crippen LogP contribution in [0.5, 0.6) is 11.5 Å². The molecule has 6 heteroatoms. The maximum Gasteiger partial charge on any atom is 0.231 e. The van der Waals surface area contributed by atoms with Crippen molar-refractivity contribution in [1.29, 1.82) is 0 Å². The molecule has 4 rings (SSSR count). The average molecular weight is 378 g/mol. The van der Waals surface area contributed by atoms with Gasteiger partial charge in [0.2, 0.25) is 6.79 Å². The Balaban J connectivity index is 1.91. The van der Waals surface area contributed by atoms with Crippen LogP contribution in [0.15, 0.2) is 36.4 Å². The first-order valence-electron chi connectivity index (χ1n) is 8.97. The van der Waals surface area contributed by atoms with Crippen LogP contribution in [-0.2, 0) is 9.59 Å². The van der Waals surface area contributed by atoms with Crippen LogP contribution in [0.3, 0.4) is 0 Å². The zero-order valence-corrected chi connectivity index (χ0v) is 15.4. The van der Waals surface area contributed by atoms with E-state index in [0.29, 0.717) is 40.2 Å². The minimum absolute atomic E-state index is 0.0415. The summed E-state index contributed by atoms with van der Waals surface area (Å²) in [5.41, 5.74) is 1.77. The van der Waals surface area contributed by atoms with Gasteiger partial charge in [0.1, 0.15) is 17.5 Å². The second-order valence-corrected chi connectivity index (χ2v) is 6.78. The number of benzene rings is 2. The second kappa shape index (κ2) is 6.64. The van der Waals surface area contributed by atoms with Crippen LogP contribution >= 0.6 is 0 Å². The SMILES string of the molecule is CCC(=O)c1ccc2c(c1)/C(=C(/O)c1ccc3c(c1)OCO3)C(=O)C2C(C)=O. The molecule has 1 unspecified atom stereocenters. The lowest BCUT2D eigenvalue weighted by atomic mass is 9.95. The van der Waals surface area contributed by atoms with Gasteiger partial charge in [-0.05, 0) is 42.3 Å². The first-order valence-corrected chi connectivity index (χ1v) is 8.97. The maximum atomic E-state index is 13.0. The van der Waals surface area contributed by atoms with E-state index in [2.05, 4.69) is 0 Å². The predicted octanol–water partition coefficient (Wildman–Crippen LogP) is 3.69. The van der Waals surface area contributed by atoms with Gasteiger partial charge in [0.15, 0.2) is 23.1 Å². The molecule has 6 nitrogen and oxygen atoms in total. The molecule has 0 aromatic heterocycles. The highest BCUT2D eigenvalue weighted by Crippen LogP contribution is 2.43. The Morgan fingerprint density at radius 2 is 1.79 bits per heavy atom. The summed E-state index contributed by atoms with van der Waals surface area (Å²) in [5.74, 6) is -1.08. The fourth-order valence-corrected chi connectivity index (χ4v) is 3.66. The zero-order valence-electron chi connectivity index (χ0n) is 15.4. The number of ether oxygens (including phenoxy) is 2. The van der Waals surface area contributed by atoms with E-state index in [0.717, 1.165) is 0 Å². The van der Waals surface area contributed by atoms with Gasteiger partial charge in [0, 0.05) is 17.5 Å². The van der Waals surface area contributed by atoms with Gasteiger partial charge in [-0.2, -0.15) is 0 Å². The van der Waals surface area contributed by atoms with Crippen LogP contribution in [0.25, 0.3) is 11.3 Å². The van der Waals surface area contributed by atoms with Crippen LogP contribution < -0.4 is 9.47 Å². The summed E-state index contributed by atoms with van der Waals surface area (Å²) >= 11 is 0. The normalized spacial score (nSPS) is 18.8. The highest BCUT2D eigenvalue weighted by atomic mass is 16.7. The first-order chi connectivity index (χ1) is 13.4. The summed E-state index contributed by atoms with van der Waals surface area (Å²) in [7, 11) is 0. The lowest BCUT2D eigenvalue weighted by Gasteiger charge is -2.08. The standard InChI is InChI=1S/C22H18O6/c1-3-16(24)12-4-6-14-15(8-12)20(22(26)19(14)11(2)23)21(25)13-5-7-17-18(9-13)28-10-27-17/h4-9,19,25H,3,10H2,1-2H3/b21-20-. The molecule has 0 fully saturated rings. The average Bonchev–Trinajstić information content (AvgIpc) is 3.26. The molecule has 0 saturated heterocycles. The summed E-state index contributed by atoms with van der Waals surface area (Å²) in [6.45, 7) is 3.19. The van der Waals surface area contributed by atoms with Gasteiger partial charge < -0.3 is 14.6 Å². The van der Waals surface area contributed by atoms with Crippen LogP contribution in [0.4, 0.5) is 0 Å². The second-order valence-electron chi connectivity index (χ2n) is 6.78. The molecule has 0 saturated carbocycles. The summed E-state index contributed by atoms with van der Waals surface area (Å²) < 4.78 is 10.6. The molecular weight excluding hydrogens is 360 g/mol. The number of hydrogen-bond acceptors (Lipinski definition) is 6. The highest BCUT2D eigenvalue weighted by Gasteiger charge is 2.40. The maximum absolute atomic E-state index is 13.0. The number of hydrogen-bond donors (Lipinski definition) is 1. The molecule has 0 amide bonds. The summed E-state index contributed by atoms with van der Waals surface area (Å²) in [6.07, 6.45) is 0.316. The smallest absolute Gasteiger partial charge is 0.231 e. The Kier molecular flexibility index (Phi) is 4.26. The van der Waals surface area contributed by atoms with E-state index < -0.39 is 11.7 Å². The van der Waals surface area contributed by atoms with E-state index in [9.17, 15) is 19.5 Å². The highest BCUT2D eigenvalue weighted by molar-refractivity contribution is 6.38. The Labute approximate surface area is 161 Å². The largest absolute Gasteiger partial charge is 0.507 e. The zero-order chi connectivity index (χ0) is 20.0. The molecule has 0 radical (unpaired) electrons. The number of ketones is 3. The van der Waals surface area contributed by atoms with Gasteiger partial charge in [-0.1, -0.05) is 19.1 Å². The number of fused-ring (bicyclic) bond motifs is 2. The Morgan fingerprint density at radius 3 is 2.50 bits per heavy atom. The van der Waals surface area contributed by atoms with Gasteiger partial charge in [0.25, 0.3) is 0 Å². The topological polar surface area (TPSA) is 89.9 Å². The summed E-state index contributed by atoms with van der Waals surface area (Å²) in [5, 5.41) is 10.9. The molecule has 1 atom stereocenters. The van der Waals surface area contributed by atoms with Crippen LogP contribution in [-0.4, -0.2) is 29.2 Å². The van der Waals surface area contributed by atoms with Gasteiger partial charge in [-0.15, -0.1) is 0 Å². The van der Waals surface area contributed by atoms with E-state index in [-0.39, 0.29) is 29.7 Å². The van der Waals surface area contributed by atoms with E-state index in [1.54, 1.807) is 43.3 Å². The van der Waals surface area contributed by atoms with Gasteiger partial charge >= 0.3 is 0 Å². The van der Waals surface area contributed by atoms with Gasteiger partial charge in [-0.3, -0.25) is 14.4 Å². The van der Waals surface area contributed by atoms with Crippen molar-refractivity contribution >= 4 is 28.7 Å². The number of carbonyl (C=O) groups is 3. The number of aliphatic hydroxyl groups excluding tert-OH is 1.